The molecule has 0 aromatic heterocycles. The van der Waals surface area contributed by atoms with Crippen LogP contribution in [0.1, 0.15) is 38.1 Å². The monoisotopic (exact) mass is 298 g/mol. The number of nitrogens with zero attached hydrogens (tertiary/aromatic N) is 2. The number of rotatable bonds is 3. The molecule has 1 rings (SSSR count). The third-order valence-electron chi connectivity index (χ3n) is 3.54. The summed E-state index contributed by atoms with van der Waals surface area (Å²) in [5, 5.41) is 11.3. The van der Waals surface area contributed by atoms with Crippen LogP contribution in [0.3, 0.4) is 0 Å². The van der Waals surface area contributed by atoms with Crippen molar-refractivity contribution in [1.29, 1.82) is 0 Å². The summed E-state index contributed by atoms with van der Waals surface area (Å²) in [4.78, 5) is 24.4. The summed E-state index contributed by atoms with van der Waals surface area (Å²) < 4.78 is 0. The topological polar surface area (TPSA) is 63.5 Å². The van der Waals surface area contributed by atoms with E-state index in [-0.39, 0.29) is 22.7 Å². The van der Waals surface area contributed by atoms with E-state index in [0.717, 1.165) is 0 Å². The molecule has 6 heteroatoms. The van der Waals surface area contributed by atoms with Gasteiger partial charge in [0.15, 0.2) is 0 Å². The highest BCUT2D eigenvalue weighted by atomic mass is 35.5. The van der Waals surface area contributed by atoms with E-state index in [4.69, 9.17) is 11.6 Å². The molecule has 1 unspecified atom stereocenters. The van der Waals surface area contributed by atoms with Crippen LogP contribution >= 0.6 is 11.6 Å². The second-order valence-electron chi connectivity index (χ2n) is 5.88. The molecule has 0 aliphatic heterocycles. The SMILES string of the molecule is CC(N(C)C(=O)c1cc(Cl)ccc1[N+](=O)[O-])C(C)(C)C. The summed E-state index contributed by atoms with van der Waals surface area (Å²) in [6.45, 7) is 7.93. The van der Waals surface area contributed by atoms with Gasteiger partial charge in [0.2, 0.25) is 0 Å². The van der Waals surface area contributed by atoms with Gasteiger partial charge in [-0.1, -0.05) is 32.4 Å². The van der Waals surface area contributed by atoms with Crippen molar-refractivity contribution in [2.24, 2.45) is 5.41 Å². The van der Waals surface area contributed by atoms with Crippen molar-refractivity contribution in [3.63, 3.8) is 0 Å². The van der Waals surface area contributed by atoms with Gasteiger partial charge in [0, 0.05) is 24.2 Å². The van der Waals surface area contributed by atoms with E-state index < -0.39 is 10.8 Å². The minimum absolute atomic E-state index is 0.0149. The molecule has 110 valence electrons. The lowest BCUT2D eigenvalue weighted by molar-refractivity contribution is -0.385. The minimum Gasteiger partial charge on any atom is -0.338 e. The molecule has 1 atom stereocenters. The van der Waals surface area contributed by atoms with Crippen LogP contribution in [0, 0.1) is 15.5 Å². The molecule has 0 N–H and O–H groups in total. The molecule has 0 radical (unpaired) electrons. The van der Waals surface area contributed by atoms with Crippen molar-refractivity contribution in [1.82, 2.24) is 4.90 Å². The van der Waals surface area contributed by atoms with Gasteiger partial charge in [0.25, 0.3) is 11.6 Å². The Hall–Kier alpha value is -1.62. The smallest absolute Gasteiger partial charge is 0.282 e. The van der Waals surface area contributed by atoms with E-state index in [9.17, 15) is 14.9 Å². The Morgan fingerprint density at radius 2 is 1.95 bits per heavy atom. The molecule has 5 nitrogen and oxygen atoms in total. The van der Waals surface area contributed by atoms with Crippen molar-refractivity contribution in [2.75, 3.05) is 7.05 Å². The maximum absolute atomic E-state index is 12.5. The third kappa shape index (κ3) is 3.48. The molecule has 0 aliphatic rings. The number of hydrogen-bond acceptors (Lipinski definition) is 3. The van der Waals surface area contributed by atoms with Crippen LogP contribution in [-0.4, -0.2) is 28.8 Å². The highest BCUT2D eigenvalue weighted by Gasteiger charge is 2.30. The second kappa shape index (κ2) is 5.79. The maximum Gasteiger partial charge on any atom is 0.282 e. The molecule has 1 aromatic carbocycles. The van der Waals surface area contributed by atoms with Crippen LogP contribution in [-0.2, 0) is 0 Å². The molecule has 0 aliphatic carbocycles. The van der Waals surface area contributed by atoms with Crippen LogP contribution in [0.15, 0.2) is 18.2 Å². The molecule has 0 bridgehead atoms. The Labute approximate surface area is 123 Å². The number of nitro benzene ring substituents is 1. The summed E-state index contributed by atoms with van der Waals surface area (Å²) in [6.07, 6.45) is 0. The van der Waals surface area contributed by atoms with Gasteiger partial charge in [-0.25, -0.2) is 0 Å². The van der Waals surface area contributed by atoms with E-state index in [1.165, 1.54) is 23.1 Å². The minimum atomic E-state index is -0.570. The molecular formula is C14H19ClN2O3. The van der Waals surface area contributed by atoms with Crippen LogP contribution < -0.4 is 0 Å². The number of carbonyl (C=O) groups excluding carboxylic acids is 1. The van der Waals surface area contributed by atoms with Crippen LogP contribution in [0.4, 0.5) is 5.69 Å². The number of carbonyl (C=O) groups is 1. The van der Waals surface area contributed by atoms with E-state index in [2.05, 4.69) is 0 Å². The summed E-state index contributed by atoms with van der Waals surface area (Å²) in [6, 6.07) is 3.93. The van der Waals surface area contributed by atoms with E-state index in [1.807, 2.05) is 27.7 Å². The fraction of sp³-hybridized carbons (Fsp3) is 0.500. The predicted octanol–water partition coefficient (Wildman–Crippen LogP) is 3.75. The number of hydrogen-bond donors (Lipinski definition) is 0. The fourth-order valence-electron chi connectivity index (χ4n) is 1.79. The summed E-state index contributed by atoms with van der Waals surface area (Å²) in [5.41, 5.74) is -0.342. The van der Waals surface area contributed by atoms with Crippen molar-refractivity contribution < 1.29 is 9.72 Å². The summed E-state index contributed by atoms with van der Waals surface area (Å²) >= 11 is 5.85. The van der Waals surface area contributed by atoms with Crippen LogP contribution in [0.5, 0.6) is 0 Å². The van der Waals surface area contributed by atoms with E-state index in [0.29, 0.717) is 5.02 Å². The van der Waals surface area contributed by atoms with E-state index >= 15 is 0 Å². The van der Waals surface area contributed by atoms with Crippen molar-refractivity contribution >= 4 is 23.2 Å². The Kier molecular flexibility index (Phi) is 4.76. The Morgan fingerprint density at radius 3 is 2.40 bits per heavy atom. The van der Waals surface area contributed by atoms with Crippen molar-refractivity contribution in [3.05, 3.63) is 38.9 Å². The zero-order valence-corrected chi connectivity index (χ0v) is 13.1. The van der Waals surface area contributed by atoms with Gasteiger partial charge < -0.3 is 4.90 Å². The lowest BCUT2D eigenvalue weighted by Gasteiger charge is -2.35. The Bertz CT molecular complexity index is 538. The molecule has 1 aromatic rings. The largest absolute Gasteiger partial charge is 0.338 e. The quantitative estimate of drug-likeness (QED) is 0.630. The highest BCUT2D eigenvalue weighted by Crippen LogP contribution is 2.28. The molecule has 0 saturated carbocycles. The molecule has 0 saturated heterocycles. The Balaban J connectivity index is 3.21. The summed E-state index contributed by atoms with van der Waals surface area (Å²) in [7, 11) is 1.64. The fourth-order valence-corrected chi connectivity index (χ4v) is 1.96. The molecular weight excluding hydrogens is 280 g/mol. The van der Waals surface area contributed by atoms with Crippen LogP contribution in [0.2, 0.25) is 5.02 Å². The number of halogens is 1. The van der Waals surface area contributed by atoms with Gasteiger partial charge in [0.05, 0.1) is 4.92 Å². The zero-order valence-electron chi connectivity index (χ0n) is 12.3. The molecule has 20 heavy (non-hydrogen) atoms. The van der Waals surface area contributed by atoms with E-state index in [1.54, 1.807) is 7.05 Å². The number of amides is 1. The average Bonchev–Trinajstić information content (AvgIpc) is 2.34. The average molecular weight is 299 g/mol. The predicted molar refractivity (Wildman–Crippen MR) is 79.1 cm³/mol. The molecule has 0 fully saturated rings. The first-order valence-electron chi connectivity index (χ1n) is 6.26. The normalized spacial score (nSPS) is 12.9. The van der Waals surface area contributed by atoms with Gasteiger partial charge in [-0.3, -0.25) is 14.9 Å². The maximum atomic E-state index is 12.5. The highest BCUT2D eigenvalue weighted by molar-refractivity contribution is 6.31. The third-order valence-corrected chi connectivity index (χ3v) is 3.78. The van der Waals surface area contributed by atoms with Gasteiger partial charge >= 0.3 is 0 Å². The molecule has 0 spiro atoms. The molecule has 0 heterocycles. The van der Waals surface area contributed by atoms with Crippen LogP contribution in [0.25, 0.3) is 0 Å². The lowest BCUT2D eigenvalue weighted by atomic mass is 9.87. The van der Waals surface area contributed by atoms with Crippen molar-refractivity contribution in [3.8, 4) is 0 Å². The lowest BCUT2D eigenvalue weighted by Crippen LogP contribution is -2.43. The van der Waals surface area contributed by atoms with Gasteiger partial charge in [0.1, 0.15) is 5.56 Å². The first-order valence-corrected chi connectivity index (χ1v) is 6.64. The zero-order chi connectivity index (χ0) is 15.7. The standard InChI is InChI=1S/C14H19ClN2O3/c1-9(14(2,3)4)16(5)13(18)11-8-10(15)6-7-12(11)17(19)20/h6-9H,1-5H3. The first-order chi connectivity index (χ1) is 9.05. The second-order valence-corrected chi connectivity index (χ2v) is 6.31. The van der Waals surface area contributed by atoms with Gasteiger partial charge in [-0.05, 0) is 24.5 Å². The Morgan fingerprint density at radius 1 is 1.40 bits per heavy atom. The van der Waals surface area contributed by atoms with Gasteiger partial charge in [-0.15, -0.1) is 0 Å². The number of nitro groups is 1. The van der Waals surface area contributed by atoms with Gasteiger partial charge in [-0.2, -0.15) is 0 Å². The number of benzene rings is 1. The summed E-state index contributed by atoms with van der Waals surface area (Å²) in [5.74, 6) is -0.401. The first kappa shape index (κ1) is 16.4. The van der Waals surface area contributed by atoms with Crippen molar-refractivity contribution in [2.45, 2.75) is 33.7 Å². The molecule has 1 amide bonds.